The summed E-state index contributed by atoms with van der Waals surface area (Å²) in [4.78, 5) is 6.80. The van der Waals surface area contributed by atoms with Crippen molar-refractivity contribution in [1.29, 1.82) is 0 Å². The van der Waals surface area contributed by atoms with Crippen LogP contribution in [0.2, 0.25) is 0 Å². The molecule has 2 unspecified atom stereocenters. The number of hydrogen-bond acceptors (Lipinski definition) is 3. The number of fused-ring (bicyclic) bond motifs is 2. The molecule has 5 heteroatoms. The lowest BCUT2D eigenvalue weighted by atomic mass is 9.97. The summed E-state index contributed by atoms with van der Waals surface area (Å²) >= 11 is 0. The summed E-state index contributed by atoms with van der Waals surface area (Å²) in [6.45, 7) is 2.34. The number of imidazole rings is 1. The molecule has 2 saturated heterocycles. The Morgan fingerprint density at radius 1 is 1.20 bits per heavy atom. The van der Waals surface area contributed by atoms with Crippen molar-refractivity contribution in [2.45, 2.75) is 37.8 Å². The fraction of sp³-hybridized carbons (Fsp3) is 0.533. The molecule has 0 spiro atoms. The third-order valence-electron chi connectivity index (χ3n) is 4.86. The van der Waals surface area contributed by atoms with Crippen molar-refractivity contribution in [3.8, 4) is 0 Å². The van der Waals surface area contributed by atoms with Crippen LogP contribution in [0.1, 0.15) is 31.7 Å². The molecule has 2 N–H and O–H groups in total. The number of piperidine rings is 1. The molecule has 4 rings (SSSR count). The van der Waals surface area contributed by atoms with Gasteiger partial charge in [0.15, 0.2) is 5.82 Å². The standard InChI is InChI=1S/C15H19FN4/c16-12-4-1-5-13-14(12)18-15(17)20(13)11-6-8-19-7-2-3-10(19)9-11/h1,4-5,10-11H,2-3,6-9H2,(H2,17,18). The summed E-state index contributed by atoms with van der Waals surface area (Å²) in [6, 6.07) is 6.11. The van der Waals surface area contributed by atoms with E-state index in [2.05, 4.69) is 9.88 Å². The average molecular weight is 274 g/mol. The molecule has 0 amide bonds. The van der Waals surface area contributed by atoms with Crippen molar-refractivity contribution >= 4 is 17.0 Å². The van der Waals surface area contributed by atoms with Gasteiger partial charge in [-0.2, -0.15) is 0 Å². The average Bonchev–Trinajstić information content (AvgIpc) is 3.02. The molecule has 0 aliphatic carbocycles. The van der Waals surface area contributed by atoms with Crippen LogP contribution in [0, 0.1) is 5.82 Å². The van der Waals surface area contributed by atoms with Gasteiger partial charge in [-0.25, -0.2) is 9.37 Å². The van der Waals surface area contributed by atoms with Crippen LogP contribution in [0.15, 0.2) is 18.2 Å². The third-order valence-corrected chi connectivity index (χ3v) is 4.86. The molecule has 1 aromatic carbocycles. The Labute approximate surface area is 117 Å². The molecule has 3 heterocycles. The summed E-state index contributed by atoms with van der Waals surface area (Å²) in [5.74, 6) is 0.160. The molecule has 2 aliphatic rings. The fourth-order valence-corrected chi connectivity index (χ4v) is 3.92. The highest BCUT2D eigenvalue weighted by Gasteiger charge is 2.33. The molecule has 4 nitrogen and oxygen atoms in total. The lowest BCUT2D eigenvalue weighted by molar-refractivity contribution is 0.158. The van der Waals surface area contributed by atoms with E-state index in [1.54, 1.807) is 6.07 Å². The van der Waals surface area contributed by atoms with Gasteiger partial charge in [-0.05, 0) is 44.4 Å². The molecule has 0 bridgehead atoms. The highest BCUT2D eigenvalue weighted by atomic mass is 19.1. The Hall–Kier alpha value is -1.62. The van der Waals surface area contributed by atoms with Crippen LogP contribution >= 0.6 is 0 Å². The van der Waals surface area contributed by atoms with Gasteiger partial charge in [0.1, 0.15) is 5.52 Å². The Morgan fingerprint density at radius 2 is 2.10 bits per heavy atom. The van der Waals surface area contributed by atoms with E-state index in [0.29, 0.717) is 23.5 Å². The second kappa shape index (κ2) is 4.45. The highest BCUT2D eigenvalue weighted by Crippen LogP contribution is 2.36. The van der Waals surface area contributed by atoms with Gasteiger partial charge in [-0.3, -0.25) is 0 Å². The molecule has 2 fully saturated rings. The van der Waals surface area contributed by atoms with E-state index in [4.69, 9.17) is 5.73 Å². The minimum atomic E-state index is -0.286. The van der Waals surface area contributed by atoms with E-state index in [9.17, 15) is 4.39 Å². The van der Waals surface area contributed by atoms with Gasteiger partial charge in [-0.1, -0.05) is 6.07 Å². The SMILES string of the molecule is Nc1nc2c(F)cccc2n1C1CCN2CCCC2C1. The zero-order valence-corrected chi connectivity index (χ0v) is 11.4. The summed E-state index contributed by atoms with van der Waals surface area (Å²) in [7, 11) is 0. The second-order valence-corrected chi connectivity index (χ2v) is 5.96. The fourth-order valence-electron chi connectivity index (χ4n) is 3.92. The first kappa shape index (κ1) is 12.1. The smallest absolute Gasteiger partial charge is 0.201 e. The van der Waals surface area contributed by atoms with Crippen molar-refractivity contribution < 1.29 is 4.39 Å². The van der Waals surface area contributed by atoms with Crippen molar-refractivity contribution in [3.63, 3.8) is 0 Å². The van der Waals surface area contributed by atoms with Gasteiger partial charge in [-0.15, -0.1) is 0 Å². The van der Waals surface area contributed by atoms with E-state index >= 15 is 0 Å². The zero-order valence-electron chi connectivity index (χ0n) is 11.4. The van der Waals surface area contributed by atoms with Crippen LogP contribution in [-0.2, 0) is 0 Å². The van der Waals surface area contributed by atoms with E-state index < -0.39 is 0 Å². The van der Waals surface area contributed by atoms with Gasteiger partial charge < -0.3 is 15.2 Å². The molecule has 2 aromatic rings. The Kier molecular flexibility index (Phi) is 2.70. The summed E-state index contributed by atoms with van der Waals surface area (Å²) < 4.78 is 15.9. The summed E-state index contributed by atoms with van der Waals surface area (Å²) in [5.41, 5.74) is 7.30. The van der Waals surface area contributed by atoms with Gasteiger partial charge in [0.2, 0.25) is 5.95 Å². The molecule has 0 saturated carbocycles. The molecule has 2 aliphatic heterocycles. The molecule has 2 atom stereocenters. The predicted molar refractivity (Wildman–Crippen MR) is 77.0 cm³/mol. The number of para-hydroxylation sites is 1. The van der Waals surface area contributed by atoms with E-state index in [-0.39, 0.29) is 5.82 Å². The number of aromatic nitrogens is 2. The highest BCUT2D eigenvalue weighted by molar-refractivity contribution is 5.79. The van der Waals surface area contributed by atoms with Gasteiger partial charge in [0.25, 0.3) is 0 Å². The number of benzene rings is 1. The van der Waals surface area contributed by atoms with Gasteiger partial charge in [0, 0.05) is 18.6 Å². The molecule has 20 heavy (non-hydrogen) atoms. The van der Waals surface area contributed by atoms with Crippen LogP contribution in [-0.4, -0.2) is 33.6 Å². The Morgan fingerprint density at radius 3 is 3.00 bits per heavy atom. The molecular formula is C15H19FN4. The normalized spacial score (nSPS) is 27.1. The largest absolute Gasteiger partial charge is 0.369 e. The van der Waals surface area contributed by atoms with E-state index in [1.165, 1.54) is 25.5 Å². The van der Waals surface area contributed by atoms with Crippen LogP contribution in [0.3, 0.4) is 0 Å². The quantitative estimate of drug-likeness (QED) is 0.869. The van der Waals surface area contributed by atoms with Crippen LogP contribution in [0.5, 0.6) is 0 Å². The maximum Gasteiger partial charge on any atom is 0.201 e. The number of rotatable bonds is 1. The summed E-state index contributed by atoms with van der Waals surface area (Å²) in [5, 5.41) is 0. The number of anilines is 1. The Balaban J connectivity index is 1.75. The first-order chi connectivity index (χ1) is 9.74. The first-order valence-corrected chi connectivity index (χ1v) is 7.40. The van der Waals surface area contributed by atoms with Crippen molar-refractivity contribution in [3.05, 3.63) is 24.0 Å². The number of nitrogens with two attached hydrogens (primary N) is 1. The minimum Gasteiger partial charge on any atom is -0.369 e. The van der Waals surface area contributed by atoms with Crippen LogP contribution < -0.4 is 5.73 Å². The van der Waals surface area contributed by atoms with E-state index in [0.717, 1.165) is 24.9 Å². The van der Waals surface area contributed by atoms with Crippen molar-refractivity contribution in [2.24, 2.45) is 0 Å². The minimum absolute atomic E-state index is 0.286. The molecular weight excluding hydrogens is 255 g/mol. The van der Waals surface area contributed by atoms with Gasteiger partial charge in [0.05, 0.1) is 5.52 Å². The Bertz CT molecular complexity index is 651. The number of hydrogen-bond donors (Lipinski definition) is 1. The molecule has 1 aromatic heterocycles. The molecule has 0 radical (unpaired) electrons. The van der Waals surface area contributed by atoms with E-state index in [1.807, 2.05) is 10.6 Å². The van der Waals surface area contributed by atoms with Crippen LogP contribution in [0.4, 0.5) is 10.3 Å². The zero-order chi connectivity index (χ0) is 13.7. The first-order valence-electron chi connectivity index (χ1n) is 7.40. The maximum atomic E-state index is 13.8. The summed E-state index contributed by atoms with van der Waals surface area (Å²) in [6.07, 6.45) is 4.75. The van der Waals surface area contributed by atoms with Gasteiger partial charge >= 0.3 is 0 Å². The monoisotopic (exact) mass is 274 g/mol. The third kappa shape index (κ3) is 1.73. The number of halogens is 1. The second-order valence-electron chi connectivity index (χ2n) is 5.96. The number of nitrogens with zero attached hydrogens (tertiary/aromatic N) is 3. The maximum absolute atomic E-state index is 13.8. The van der Waals surface area contributed by atoms with Crippen molar-refractivity contribution in [1.82, 2.24) is 14.5 Å². The predicted octanol–water partition coefficient (Wildman–Crippen LogP) is 2.56. The lowest BCUT2D eigenvalue weighted by Crippen LogP contribution is -2.38. The van der Waals surface area contributed by atoms with Crippen molar-refractivity contribution in [2.75, 3.05) is 18.8 Å². The topological polar surface area (TPSA) is 47.1 Å². The number of nitrogen functional groups attached to an aromatic ring is 1. The molecule has 106 valence electrons. The lowest BCUT2D eigenvalue weighted by Gasteiger charge is -2.35. The van der Waals surface area contributed by atoms with Crippen LogP contribution in [0.25, 0.3) is 11.0 Å².